The molecule has 0 atom stereocenters. The third-order valence-corrected chi connectivity index (χ3v) is 4.03. The Morgan fingerprint density at radius 1 is 1.17 bits per heavy atom. The summed E-state index contributed by atoms with van der Waals surface area (Å²) in [6, 6.07) is 10.4. The maximum atomic E-state index is 12.1. The van der Waals surface area contributed by atoms with Crippen molar-refractivity contribution in [3.05, 3.63) is 42.0 Å². The Labute approximate surface area is 140 Å². The van der Waals surface area contributed by atoms with E-state index in [0.717, 1.165) is 39.3 Å². The predicted octanol–water partition coefficient (Wildman–Crippen LogP) is 2.09. The van der Waals surface area contributed by atoms with Gasteiger partial charge in [-0.05, 0) is 18.0 Å². The molecule has 2 rings (SSSR count). The second kappa shape index (κ2) is 9.48. The summed E-state index contributed by atoms with van der Waals surface area (Å²) >= 11 is 0. The van der Waals surface area contributed by atoms with Crippen molar-refractivity contribution in [3.8, 4) is 0 Å². The van der Waals surface area contributed by atoms with Gasteiger partial charge in [-0.25, -0.2) is 0 Å². The van der Waals surface area contributed by atoms with Crippen molar-refractivity contribution in [2.75, 3.05) is 45.8 Å². The fraction of sp³-hybridized carbons (Fsp3) is 0.526. The summed E-state index contributed by atoms with van der Waals surface area (Å²) in [5.74, 6) is 0.807. The molecule has 1 aromatic carbocycles. The smallest absolute Gasteiger partial charge is 0.236 e. The van der Waals surface area contributed by atoms with Gasteiger partial charge in [0.25, 0.3) is 0 Å². The predicted molar refractivity (Wildman–Crippen MR) is 96.2 cm³/mol. The zero-order valence-electron chi connectivity index (χ0n) is 14.4. The molecule has 0 spiro atoms. The molecule has 0 aliphatic carbocycles. The molecule has 1 saturated heterocycles. The van der Waals surface area contributed by atoms with E-state index in [0.29, 0.717) is 12.5 Å². The number of carbonyl (C=O) groups excluding carboxylic acids is 1. The van der Waals surface area contributed by atoms with E-state index in [-0.39, 0.29) is 5.91 Å². The molecule has 1 amide bonds. The number of carbonyl (C=O) groups is 1. The van der Waals surface area contributed by atoms with E-state index in [4.69, 9.17) is 0 Å². The molecule has 1 fully saturated rings. The zero-order chi connectivity index (χ0) is 16.5. The average molecular weight is 315 g/mol. The first-order valence-electron chi connectivity index (χ1n) is 8.57. The van der Waals surface area contributed by atoms with E-state index in [1.165, 1.54) is 5.56 Å². The summed E-state index contributed by atoms with van der Waals surface area (Å²) in [5, 5.41) is 3.23. The van der Waals surface area contributed by atoms with E-state index in [1.807, 2.05) is 11.0 Å². The third-order valence-electron chi connectivity index (χ3n) is 4.03. The Balaban J connectivity index is 1.65. The van der Waals surface area contributed by atoms with Crippen LogP contribution in [0.25, 0.3) is 6.08 Å². The fourth-order valence-electron chi connectivity index (χ4n) is 2.66. The highest BCUT2D eigenvalue weighted by atomic mass is 16.2. The molecular formula is C19H29N3O. The van der Waals surface area contributed by atoms with Gasteiger partial charge >= 0.3 is 0 Å². The van der Waals surface area contributed by atoms with Crippen LogP contribution in [0.4, 0.5) is 0 Å². The van der Waals surface area contributed by atoms with Gasteiger partial charge in [-0.2, -0.15) is 0 Å². The third kappa shape index (κ3) is 6.55. The number of benzene rings is 1. The summed E-state index contributed by atoms with van der Waals surface area (Å²) in [6.45, 7) is 10.2. The topological polar surface area (TPSA) is 35.6 Å². The molecule has 1 aromatic rings. The molecule has 0 radical (unpaired) electrons. The maximum Gasteiger partial charge on any atom is 0.236 e. The van der Waals surface area contributed by atoms with Crippen LogP contribution in [0.5, 0.6) is 0 Å². The lowest BCUT2D eigenvalue weighted by Gasteiger charge is -2.34. The molecule has 0 bridgehead atoms. The zero-order valence-corrected chi connectivity index (χ0v) is 14.4. The second-order valence-corrected chi connectivity index (χ2v) is 6.52. The van der Waals surface area contributed by atoms with Gasteiger partial charge in [0.15, 0.2) is 0 Å². The van der Waals surface area contributed by atoms with Gasteiger partial charge in [-0.1, -0.05) is 56.3 Å². The minimum absolute atomic E-state index is 0.227. The molecule has 1 aliphatic rings. The van der Waals surface area contributed by atoms with Crippen LogP contribution < -0.4 is 5.32 Å². The fourth-order valence-corrected chi connectivity index (χ4v) is 2.66. The van der Waals surface area contributed by atoms with Crippen LogP contribution in [0.3, 0.4) is 0 Å². The van der Waals surface area contributed by atoms with E-state index >= 15 is 0 Å². The molecule has 1 N–H and O–H groups in total. The van der Waals surface area contributed by atoms with Crippen LogP contribution in [-0.4, -0.2) is 61.5 Å². The Kier molecular flexibility index (Phi) is 7.30. The van der Waals surface area contributed by atoms with Gasteiger partial charge < -0.3 is 10.2 Å². The lowest BCUT2D eigenvalue weighted by Crippen LogP contribution is -2.50. The number of amides is 1. The highest BCUT2D eigenvalue weighted by molar-refractivity contribution is 5.78. The number of hydrogen-bond acceptors (Lipinski definition) is 3. The van der Waals surface area contributed by atoms with Crippen molar-refractivity contribution >= 4 is 12.0 Å². The number of piperazine rings is 1. The molecule has 1 aliphatic heterocycles. The Morgan fingerprint density at radius 3 is 2.52 bits per heavy atom. The lowest BCUT2D eigenvalue weighted by atomic mass is 10.2. The summed E-state index contributed by atoms with van der Waals surface area (Å²) in [7, 11) is 0. The van der Waals surface area contributed by atoms with Crippen molar-refractivity contribution < 1.29 is 4.79 Å². The highest BCUT2D eigenvalue weighted by Gasteiger charge is 2.19. The number of rotatable bonds is 7. The van der Waals surface area contributed by atoms with Crippen LogP contribution >= 0.6 is 0 Å². The van der Waals surface area contributed by atoms with Gasteiger partial charge in [0.1, 0.15) is 0 Å². The molecule has 23 heavy (non-hydrogen) atoms. The van der Waals surface area contributed by atoms with Crippen LogP contribution in [-0.2, 0) is 4.79 Å². The monoisotopic (exact) mass is 315 g/mol. The van der Waals surface area contributed by atoms with Crippen LogP contribution in [0, 0.1) is 5.92 Å². The maximum absolute atomic E-state index is 12.1. The first-order valence-corrected chi connectivity index (χ1v) is 8.57. The highest BCUT2D eigenvalue weighted by Crippen LogP contribution is 2.04. The molecule has 4 nitrogen and oxygen atoms in total. The molecule has 0 unspecified atom stereocenters. The normalized spacial score (nSPS) is 16.4. The summed E-state index contributed by atoms with van der Waals surface area (Å²) in [5.41, 5.74) is 1.23. The molecule has 126 valence electrons. The number of nitrogens with zero attached hydrogens (tertiary/aromatic N) is 2. The standard InChI is InChI=1S/C19H29N3O/c1-17(2)15-20-16-19(23)22-13-11-21(12-14-22)10-6-9-18-7-4-3-5-8-18/h3-9,17,20H,10-16H2,1-2H3/b9-6+. The first-order chi connectivity index (χ1) is 11.1. The summed E-state index contributed by atoms with van der Waals surface area (Å²) < 4.78 is 0. The van der Waals surface area contributed by atoms with Gasteiger partial charge in [0.2, 0.25) is 5.91 Å². The van der Waals surface area contributed by atoms with Crippen LogP contribution in [0.2, 0.25) is 0 Å². The molecule has 0 aromatic heterocycles. The second-order valence-electron chi connectivity index (χ2n) is 6.52. The van der Waals surface area contributed by atoms with E-state index in [9.17, 15) is 4.79 Å². The molecule has 1 heterocycles. The Bertz CT molecular complexity index is 491. The minimum atomic E-state index is 0.227. The van der Waals surface area contributed by atoms with Crippen molar-refractivity contribution in [2.24, 2.45) is 5.92 Å². The van der Waals surface area contributed by atoms with E-state index in [2.05, 4.69) is 60.5 Å². The van der Waals surface area contributed by atoms with Gasteiger partial charge in [0.05, 0.1) is 6.54 Å². The van der Waals surface area contributed by atoms with E-state index in [1.54, 1.807) is 0 Å². The Morgan fingerprint density at radius 2 is 1.87 bits per heavy atom. The average Bonchev–Trinajstić information content (AvgIpc) is 2.56. The quantitative estimate of drug-likeness (QED) is 0.837. The van der Waals surface area contributed by atoms with Crippen molar-refractivity contribution in [1.29, 1.82) is 0 Å². The van der Waals surface area contributed by atoms with Gasteiger partial charge in [0, 0.05) is 32.7 Å². The molecule has 0 saturated carbocycles. The lowest BCUT2D eigenvalue weighted by molar-refractivity contribution is -0.131. The SMILES string of the molecule is CC(C)CNCC(=O)N1CCN(C/C=C/c2ccccc2)CC1. The van der Waals surface area contributed by atoms with Crippen LogP contribution in [0.1, 0.15) is 19.4 Å². The Hall–Kier alpha value is -1.65. The van der Waals surface area contributed by atoms with E-state index < -0.39 is 0 Å². The van der Waals surface area contributed by atoms with Crippen LogP contribution in [0.15, 0.2) is 36.4 Å². The summed E-state index contributed by atoms with van der Waals surface area (Å²) in [6.07, 6.45) is 4.37. The molecule has 4 heteroatoms. The van der Waals surface area contributed by atoms with Gasteiger partial charge in [-0.3, -0.25) is 9.69 Å². The van der Waals surface area contributed by atoms with Crippen molar-refractivity contribution in [2.45, 2.75) is 13.8 Å². The van der Waals surface area contributed by atoms with Crippen molar-refractivity contribution in [3.63, 3.8) is 0 Å². The first kappa shape index (κ1) is 17.7. The minimum Gasteiger partial charge on any atom is -0.339 e. The number of nitrogens with one attached hydrogen (secondary N) is 1. The number of hydrogen-bond donors (Lipinski definition) is 1. The largest absolute Gasteiger partial charge is 0.339 e. The van der Waals surface area contributed by atoms with Crippen molar-refractivity contribution in [1.82, 2.24) is 15.1 Å². The summed E-state index contributed by atoms with van der Waals surface area (Å²) in [4.78, 5) is 16.5. The molecular weight excluding hydrogens is 286 g/mol. The van der Waals surface area contributed by atoms with Gasteiger partial charge in [-0.15, -0.1) is 0 Å².